The first-order chi connectivity index (χ1) is 11.2. The van der Waals surface area contributed by atoms with Crippen LogP contribution in [0.3, 0.4) is 0 Å². The van der Waals surface area contributed by atoms with Gasteiger partial charge in [0.15, 0.2) is 9.30 Å². The lowest BCUT2D eigenvalue weighted by atomic mass is 10.3. The number of thiazole rings is 1. The van der Waals surface area contributed by atoms with Gasteiger partial charge in [0.2, 0.25) is 5.13 Å². The summed E-state index contributed by atoms with van der Waals surface area (Å²) in [5.41, 5.74) is 1.62. The largest absolute Gasteiger partial charge is 0.363 e. The van der Waals surface area contributed by atoms with Crippen molar-refractivity contribution in [2.45, 2.75) is 10.1 Å². The minimum atomic E-state index is -0.0452. The van der Waals surface area contributed by atoms with Crippen LogP contribution in [0.1, 0.15) is 5.69 Å². The maximum atomic E-state index is 12.4. The first-order valence-corrected chi connectivity index (χ1v) is 9.41. The molecule has 3 heterocycles. The van der Waals surface area contributed by atoms with E-state index in [2.05, 4.69) is 20.5 Å². The van der Waals surface area contributed by atoms with Crippen molar-refractivity contribution in [2.75, 3.05) is 12.4 Å². The van der Waals surface area contributed by atoms with E-state index in [-0.39, 0.29) is 5.56 Å². The molecule has 0 aliphatic carbocycles. The molecule has 0 saturated heterocycles. The summed E-state index contributed by atoms with van der Waals surface area (Å²) >= 11 is 4.54. The number of rotatable bonds is 4. The van der Waals surface area contributed by atoms with E-state index in [0.717, 1.165) is 30.3 Å². The van der Waals surface area contributed by atoms with Crippen LogP contribution in [-0.2, 0) is 5.75 Å². The third kappa shape index (κ3) is 2.71. The molecule has 116 valence electrons. The first kappa shape index (κ1) is 14.6. The molecule has 4 aromatic rings. The number of nitrogens with one attached hydrogen (secondary N) is 1. The van der Waals surface area contributed by atoms with Crippen molar-refractivity contribution in [3.05, 3.63) is 46.4 Å². The molecule has 4 rings (SSSR count). The van der Waals surface area contributed by atoms with Gasteiger partial charge in [0.1, 0.15) is 0 Å². The van der Waals surface area contributed by atoms with Crippen molar-refractivity contribution < 1.29 is 0 Å². The highest BCUT2D eigenvalue weighted by atomic mass is 32.2. The van der Waals surface area contributed by atoms with E-state index in [9.17, 15) is 4.79 Å². The van der Waals surface area contributed by atoms with Crippen LogP contribution < -0.4 is 10.9 Å². The Kier molecular flexibility index (Phi) is 3.76. The second kappa shape index (κ2) is 5.91. The summed E-state index contributed by atoms with van der Waals surface area (Å²) in [5, 5.41) is 11.8. The molecule has 0 atom stereocenters. The van der Waals surface area contributed by atoms with Crippen molar-refractivity contribution in [1.29, 1.82) is 0 Å². The average Bonchev–Trinajstić information content (AvgIpc) is 3.16. The second-order valence-corrected chi connectivity index (χ2v) is 7.89. The number of nitrogens with zero attached hydrogens (tertiary/aromatic N) is 4. The molecule has 9 heteroatoms. The van der Waals surface area contributed by atoms with E-state index in [1.165, 1.54) is 34.4 Å². The highest BCUT2D eigenvalue weighted by molar-refractivity contribution is 8.00. The molecule has 0 fully saturated rings. The minimum Gasteiger partial charge on any atom is -0.363 e. The molecule has 0 saturated carbocycles. The highest BCUT2D eigenvalue weighted by Gasteiger charge is 2.10. The molecule has 0 radical (unpaired) electrons. The van der Waals surface area contributed by atoms with Gasteiger partial charge in [-0.15, -0.1) is 10.2 Å². The predicted molar refractivity (Wildman–Crippen MR) is 95.9 cm³/mol. The van der Waals surface area contributed by atoms with Gasteiger partial charge in [0.05, 0.1) is 15.9 Å². The van der Waals surface area contributed by atoms with Crippen LogP contribution in [0.25, 0.3) is 15.2 Å². The Morgan fingerprint density at radius 2 is 2.13 bits per heavy atom. The van der Waals surface area contributed by atoms with E-state index in [1.54, 1.807) is 10.5 Å². The molecule has 3 aromatic heterocycles. The summed E-state index contributed by atoms with van der Waals surface area (Å²) in [7, 11) is 1.81. The lowest BCUT2D eigenvalue weighted by Gasteiger charge is -1.99. The number of aromatic nitrogens is 4. The van der Waals surface area contributed by atoms with Gasteiger partial charge >= 0.3 is 0 Å². The molecular weight excluding hydrogens is 350 g/mol. The lowest BCUT2D eigenvalue weighted by molar-refractivity contribution is 1.01. The Labute approximate surface area is 143 Å². The molecule has 0 unspecified atom stereocenters. The quantitative estimate of drug-likeness (QED) is 0.563. The van der Waals surface area contributed by atoms with E-state index in [4.69, 9.17) is 0 Å². The first-order valence-electron chi connectivity index (χ1n) is 6.79. The summed E-state index contributed by atoms with van der Waals surface area (Å²) in [5.74, 6) is 0.596. The monoisotopic (exact) mass is 361 g/mol. The topological polar surface area (TPSA) is 72.2 Å². The standard InChI is InChI=1S/C14H11N5OS3/c1-15-12-17-18-14(23-12)21-7-8-6-11(20)19-9-4-2-3-5-10(9)22-13(19)16-8/h2-6H,7H2,1H3,(H,15,17). The molecule has 23 heavy (non-hydrogen) atoms. The Hall–Kier alpha value is -1.97. The fraction of sp³-hybridized carbons (Fsp3) is 0.143. The van der Waals surface area contributed by atoms with Gasteiger partial charge in [-0.25, -0.2) is 4.98 Å². The Morgan fingerprint density at radius 3 is 2.96 bits per heavy atom. The van der Waals surface area contributed by atoms with Crippen LogP contribution in [0.15, 0.2) is 39.5 Å². The van der Waals surface area contributed by atoms with Crippen LogP contribution >= 0.6 is 34.4 Å². The van der Waals surface area contributed by atoms with E-state index < -0.39 is 0 Å². The zero-order valence-electron chi connectivity index (χ0n) is 12.0. The predicted octanol–water partition coefficient (Wildman–Crippen LogP) is 3.09. The summed E-state index contributed by atoms with van der Waals surface area (Å²) in [6.45, 7) is 0. The third-order valence-electron chi connectivity index (χ3n) is 3.21. The molecule has 6 nitrogen and oxygen atoms in total. The molecular formula is C14H11N5OS3. The normalized spacial score (nSPS) is 11.3. The van der Waals surface area contributed by atoms with E-state index >= 15 is 0 Å². The fourth-order valence-corrected chi connectivity index (χ4v) is 4.85. The highest BCUT2D eigenvalue weighted by Crippen LogP contribution is 2.28. The number of hydrogen-bond acceptors (Lipinski definition) is 8. The second-order valence-electron chi connectivity index (χ2n) is 4.69. The van der Waals surface area contributed by atoms with Gasteiger partial charge in [-0.1, -0.05) is 46.6 Å². The number of anilines is 1. The van der Waals surface area contributed by atoms with E-state index in [0.29, 0.717) is 5.75 Å². The van der Waals surface area contributed by atoms with Crippen LogP contribution in [0.4, 0.5) is 5.13 Å². The zero-order chi connectivity index (χ0) is 15.8. The van der Waals surface area contributed by atoms with Crippen LogP contribution in [0.5, 0.6) is 0 Å². The smallest absolute Gasteiger partial charge is 0.259 e. The molecule has 1 N–H and O–H groups in total. The number of benzene rings is 1. The molecule has 0 amide bonds. The average molecular weight is 361 g/mol. The van der Waals surface area contributed by atoms with Crippen LogP contribution in [-0.4, -0.2) is 26.6 Å². The molecule has 0 aliphatic rings. The van der Waals surface area contributed by atoms with Crippen molar-refractivity contribution in [2.24, 2.45) is 0 Å². The summed E-state index contributed by atoms with van der Waals surface area (Å²) in [4.78, 5) is 17.8. The van der Waals surface area contributed by atoms with Crippen molar-refractivity contribution in [1.82, 2.24) is 19.6 Å². The molecule has 0 spiro atoms. The fourth-order valence-electron chi connectivity index (χ4n) is 2.20. The van der Waals surface area contributed by atoms with Crippen molar-refractivity contribution >= 4 is 54.7 Å². The van der Waals surface area contributed by atoms with Crippen LogP contribution in [0.2, 0.25) is 0 Å². The van der Waals surface area contributed by atoms with Crippen molar-refractivity contribution in [3.63, 3.8) is 0 Å². The summed E-state index contributed by atoms with van der Waals surface area (Å²) in [6, 6.07) is 9.44. The Morgan fingerprint density at radius 1 is 1.26 bits per heavy atom. The SMILES string of the molecule is CNc1nnc(SCc2cc(=O)n3c(n2)sc2ccccc23)s1. The summed E-state index contributed by atoms with van der Waals surface area (Å²) < 4.78 is 3.58. The molecule has 0 aliphatic heterocycles. The summed E-state index contributed by atoms with van der Waals surface area (Å²) in [6.07, 6.45) is 0. The van der Waals surface area contributed by atoms with Gasteiger partial charge in [-0.3, -0.25) is 9.20 Å². The zero-order valence-corrected chi connectivity index (χ0v) is 14.5. The number of hydrogen-bond donors (Lipinski definition) is 1. The van der Waals surface area contributed by atoms with Crippen molar-refractivity contribution in [3.8, 4) is 0 Å². The van der Waals surface area contributed by atoms with Gasteiger partial charge in [-0.05, 0) is 12.1 Å². The maximum Gasteiger partial charge on any atom is 0.259 e. The Balaban J connectivity index is 1.68. The minimum absolute atomic E-state index is 0.0452. The Bertz CT molecular complexity index is 1050. The third-order valence-corrected chi connectivity index (χ3v) is 6.34. The van der Waals surface area contributed by atoms with Gasteiger partial charge < -0.3 is 5.32 Å². The van der Waals surface area contributed by atoms with Gasteiger partial charge in [-0.2, -0.15) is 0 Å². The number of thioether (sulfide) groups is 1. The lowest BCUT2D eigenvalue weighted by Crippen LogP contribution is -2.13. The molecule has 0 bridgehead atoms. The van der Waals surface area contributed by atoms with E-state index in [1.807, 2.05) is 31.3 Å². The van der Waals surface area contributed by atoms with Crippen LogP contribution in [0, 0.1) is 0 Å². The van der Waals surface area contributed by atoms with Gasteiger partial charge in [0, 0.05) is 18.9 Å². The van der Waals surface area contributed by atoms with Gasteiger partial charge in [0.25, 0.3) is 5.56 Å². The maximum absolute atomic E-state index is 12.4. The number of para-hydroxylation sites is 1. The number of fused-ring (bicyclic) bond motifs is 3. The molecule has 1 aromatic carbocycles.